The quantitative estimate of drug-likeness (QED) is 0.630. The average Bonchev–Trinajstić information content (AvgIpc) is 2.52. The number of aliphatic carboxylic acids is 1. The van der Waals surface area contributed by atoms with E-state index in [1.165, 1.54) is 19.2 Å². The summed E-state index contributed by atoms with van der Waals surface area (Å²) in [5.41, 5.74) is 0.0953. The maximum Gasteiger partial charge on any atom is 0.330 e. The van der Waals surface area contributed by atoms with E-state index in [1.807, 2.05) is 0 Å². The minimum Gasteiger partial charge on any atom is -0.494 e. The third-order valence-electron chi connectivity index (χ3n) is 3.24. The number of carbonyl (C=O) groups is 3. The molecule has 2 amide bonds. The molecule has 1 unspecified atom stereocenters. The molecule has 7 nitrogen and oxygen atoms in total. The van der Waals surface area contributed by atoms with Gasteiger partial charge < -0.3 is 20.5 Å². The first-order chi connectivity index (χ1) is 11.4. The zero-order chi connectivity index (χ0) is 18.1. The molecule has 0 saturated heterocycles. The molecule has 0 radical (unpaired) electrons. The summed E-state index contributed by atoms with van der Waals surface area (Å²) < 4.78 is 18.5. The fourth-order valence-corrected chi connectivity index (χ4v) is 2.08. The van der Waals surface area contributed by atoms with Gasteiger partial charge in [-0.15, -0.1) is 0 Å². The minimum absolute atomic E-state index is 0.000445. The molecule has 0 aliphatic heterocycles. The van der Waals surface area contributed by atoms with Crippen LogP contribution in [0.2, 0.25) is 0 Å². The average molecular weight is 340 g/mol. The molecule has 0 bridgehead atoms. The van der Waals surface area contributed by atoms with E-state index in [-0.39, 0.29) is 30.1 Å². The van der Waals surface area contributed by atoms with Crippen LogP contribution >= 0.6 is 0 Å². The summed E-state index contributed by atoms with van der Waals surface area (Å²) in [5, 5.41) is 14.2. The number of halogens is 1. The molecule has 0 heterocycles. The van der Waals surface area contributed by atoms with Gasteiger partial charge in [0.05, 0.1) is 7.11 Å². The van der Waals surface area contributed by atoms with Gasteiger partial charge in [-0.05, 0) is 31.0 Å². The van der Waals surface area contributed by atoms with Crippen LogP contribution in [0, 0.1) is 5.82 Å². The zero-order valence-corrected chi connectivity index (χ0v) is 13.6. The molecule has 1 aromatic rings. The second kappa shape index (κ2) is 9.49. The van der Waals surface area contributed by atoms with Crippen molar-refractivity contribution in [3.63, 3.8) is 0 Å². The number of benzene rings is 1. The molecule has 3 N–H and O–H groups in total. The zero-order valence-electron chi connectivity index (χ0n) is 13.6. The van der Waals surface area contributed by atoms with Crippen LogP contribution in [0.25, 0.3) is 0 Å². The molecule has 1 rings (SSSR count). The lowest BCUT2D eigenvalue weighted by atomic mass is 10.1. The monoisotopic (exact) mass is 340 g/mol. The summed E-state index contributed by atoms with van der Waals surface area (Å²) >= 11 is 0. The molecule has 1 atom stereocenters. The molecule has 0 spiro atoms. The van der Waals surface area contributed by atoms with Gasteiger partial charge in [0.1, 0.15) is 0 Å². The number of amides is 2. The Hall–Kier alpha value is -2.64. The van der Waals surface area contributed by atoms with Crippen molar-refractivity contribution < 1.29 is 28.6 Å². The lowest BCUT2D eigenvalue weighted by Gasteiger charge is -2.15. The summed E-state index contributed by atoms with van der Waals surface area (Å²) in [6, 6.07) is 2.30. The Kier molecular flexibility index (Phi) is 7.67. The highest BCUT2D eigenvalue weighted by atomic mass is 19.1. The highest BCUT2D eigenvalue weighted by molar-refractivity contribution is 5.85. The van der Waals surface area contributed by atoms with Crippen LogP contribution in [0.1, 0.15) is 37.8 Å². The Balaban J connectivity index is 2.66. The summed E-state index contributed by atoms with van der Waals surface area (Å²) in [7, 11) is 1.29. The number of carboxylic acid groups (broad SMARTS) is 1. The summed E-state index contributed by atoms with van der Waals surface area (Å²) in [4.78, 5) is 34.5. The first-order valence-corrected chi connectivity index (χ1v) is 7.51. The summed E-state index contributed by atoms with van der Waals surface area (Å²) in [5.74, 6) is -2.74. The van der Waals surface area contributed by atoms with Crippen LogP contribution in [-0.2, 0) is 14.4 Å². The first-order valence-electron chi connectivity index (χ1n) is 7.51. The number of hydrogen-bond acceptors (Lipinski definition) is 4. The van der Waals surface area contributed by atoms with Crippen LogP contribution < -0.4 is 15.4 Å². The molecule has 0 saturated carbocycles. The smallest absolute Gasteiger partial charge is 0.330 e. The predicted molar refractivity (Wildman–Crippen MR) is 84.0 cm³/mol. The minimum atomic E-state index is -1.37. The van der Waals surface area contributed by atoms with Gasteiger partial charge in [0.25, 0.3) is 0 Å². The number of carbonyl (C=O) groups excluding carboxylic acids is 2. The van der Waals surface area contributed by atoms with Gasteiger partial charge in [-0.1, -0.05) is 6.07 Å². The standard InChI is InChI=1S/C16H21FN2O5/c1-3-18-13(20)5-4-6-14(21)19-15(16(22)23)10-7-8-12(24-2)11(17)9-10/h7-9,15H,3-6H2,1-2H3,(H,18,20)(H,19,21)(H,22,23). The van der Waals surface area contributed by atoms with Crippen molar-refractivity contribution in [3.05, 3.63) is 29.6 Å². The second-order valence-corrected chi connectivity index (χ2v) is 5.04. The Morgan fingerprint density at radius 3 is 2.46 bits per heavy atom. The van der Waals surface area contributed by atoms with E-state index in [0.717, 1.165) is 6.07 Å². The highest BCUT2D eigenvalue weighted by Crippen LogP contribution is 2.22. The van der Waals surface area contributed by atoms with Crippen LogP contribution in [0.4, 0.5) is 4.39 Å². The molecule has 0 aliphatic carbocycles. The third kappa shape index (κ3) is 5.86. The normalized spacial score (nSPS) is 11.5. The van der Waals surface area contributed by atoms with Crippen molar-refractivity contribution in [2.75, 3.05) is 13.7 Å². The number of ether oxygens (including phenoxy) is 1. The van der Waals surface area contributed by atoms with Gasteiger partial charge in [-0.2, -0.15) is 0 Å². The van der Waals surface area contributed by atoms with Crippen molar-refractivity contribution in [1.29, 1.82) is 0 Å². The molecule has 24 heavy (non-hydrogen) atoms. The van der Waals surface area contributed by atoms with Gasteiger partial charge in [0.15, 0.2) is 17.6 Å². The number of nitrogens with one attached hydrogen (secondary N) is 2. The maximum absolute atomic E-state index is 13.7. The number of hydrogen-bond donors (Lipinski definition) is 3. The molecule has 0 aliphatic rings. The lowest BCUT2D eigenvalue weighted by molar-refractivity contribution is -0.142. The third-order valence-corrected chi connectivity index (χ3v) is 3.24. The van der Waals surface area contributed by atoms with Crippen molar-refractivity contribution in [1.82, 2.24) is 10.6 Å². The summed E-state index contributed by atoms with van der Waals surface area (Å²) in [6.45, 7) is 2.30. The van der Waals surface area contributed by atoms with E-state index in [0.29, 0.717) is 13.0 Å². The van der Waals surface area contributed by atoms with E-state index in [2.05, 4.69) is 10.6 Å². The number of carboxylic acids is 1. The van der Waals surface area contributed by atoms with E-state index < -0.39 is 23.7 Å². The van der Waals surface area contributed by atoms with Gasteiger partial charge in [-0.3, -0.25) is 9.59 Å². The maximum atomic E-state index is 13.7. The SMILES string of the molecule is CCNC(=O)CCCC(=O)NC(C(=O)O)c1ccc(OC)c(F)c1. The van der Waals surface area contributed by atoms with Crippen molar-refractivity contribution in [3.8, 4) is 5.75 Å². The van der Waals surface area contributed by atoms with Crippen LogP contribution in [0.15, 0.2) is 18.2 Å². The molecule has 8 heteroatoms. The van der Waals surface area contributed by atoms with Crippen molar-refractivity contribution in [2.45, 2.75) is 32.2 Å². The van der Waals surface area contributed by atoms with Gasteiger partial charge in [-0.25, -0.2) is 9.18 Å². The highest BCUT2D eigenvalue weighted by Gasteiger charge is 2.23. The molecule has 1 aromatic carbocycles. The molecular formula is C16H21FN2O5. The van der Waals surface area contributed by atoms with Crippen LogP contribution in [0.3, 0.4) is 0 Å². The van der Waals surface area contributed by atoms with E-state index in [1.54, 1.807) is 6.92 Å². The largest absolute Gasteiger partial charge is 0.494 e. The Labute approximate surface area is 139 Å². The fraction of sp³-hybridized carbons (Fsp3) is 0.438. The van der Waals surface area contributed by atoms with Crippen molar-refractivity contribution in [2.24, 2.45) is 0 Å². The van der Waals surface area contributed by atoms with Crippen LogP contribution in [-0.4, -0.2) is 36.5 Å². The Bertz CT molecular complexity index is 606. The predicted octanol–water partition coefficient (Wildman–Crippen LogP) is 1.38. The fourth-order valence-electron chi connectivity index (χ4n) is 2.08. The first kappa shape index (κ1) is 19.4. The van der Waals surface area contributed by atoms with Crippen molar-refractivity contribution >= 4 is 17.8 Å². The molecule has 132 valence electrons. The van der Waals surface area contributed by atoms with Gasteiger partial charge >= 0.3 is 5.97 Å². The van der Waals surface area contributed by atoms with E-state index in [4.69, 9.17) is 4.74 Å². The number of rotatable bonds is 9. The molecular weight excluding hydrogens is 319 g/mol. The van der Waals surface area contributed by atoms with Gasteiger partial charge in [0, 0.05) is 19.4 Å². The van der Waals surface area contributed by atoms with E-state index in [9.17, 15) is 23.9 Å². The van der Waals surface area contributed by atoms with Crippen LogP contribution in [0.5, 0.6) is 5.75 Å². The van der Waals surface area contributed by atoms with E-state index >= 15 is 0 Å². The van der Waals surface area contributed by atoms with Gasteiger partial charge in [0.2, 0.25) is 11.8 Å². The summed E-state index contributed by atoms with van der Waals surface area (Å²) in [6.07, 6.45) is 0.469. The topological polar surface area (TPSA) is 105 Å². The molecule has 0 aromatic heterocycles. The lowest BCUT2D eigenvalue weighted by Crippen LogP contribution is -2.34. The Morgan fingerprint density at radius 1 is 1.25 bits per heavy atom. The number of methoxy groups -OCH3 is 1. The Morgan fingerprint density at radius 2 is 1.92 bits per heavy atom. The second-order valence-electron chi connectivity index (χ2n) is 5.04. The molecule has 0 fully saturated rings.